The van der Waals surface area contributed by atoms with Gasteiger partial charge in [0.05, 0.1) is 12.8 Å². The number of rotatable bonds is 4. The molecule has 0 bridgehead atoms. The second-order valence-corrected chi connectivity index (χ2v) is 6.80. The smallest absolute Gasteiger partial charge is 0.350 e. The van der Waals surface area contributed by atoms with Crippen LogP contribution < -0.4 is 10.9 Å². The van der Waals surface area contributed by atoms with Gasteiger partial charge in [0, 0.05) is 16.8 Å². The van der Waals surface area contributed by atoms with Crippen molar-refractivity contribution >= 4 is 39.9 Å². The van der Waals surface area contributed by atoms with Crippen molar-refractivity contribution in [3.05, 3.63) is 62.0 Å². The number of aromatic nitrogens is 3. The number of methoxy groups -OCH3 is 1. The summed E-state index contributed by atoms with van der Waals surface area (Å²) >= 11 is 6.80. The summed E-state index contributed by atoms with van der Waals surface area (Å²) in [7, 11) is 1.26. The number of carbonyl (C=O) groups excluding carboxylic acids is 2. The number of hydrogen-bond donors (Lipinski definition) is 2. The van der Waals surface area contributed by atoms with Crippen LogP contribution >= 0.6 is 22.9 Å². The number of anilines is 1. The van der Waals surface area contributed by atoms with Gasteiger partial charge in [-0.15, -0.1) is 0 Å². The predicted octanol–water partition coefficient (Wildman–Crippen LogP) is 2.89. The molecular formula is C17H13ClN4O4S. The van der Waals surface area contributed by atoms with Crippen molar-refractivity contribution in [1.29, 1.82) is 0 Å². The molecule has 0 atom stereocenters. The van der Waals surface area contributed by atoms with E-state index in [1.54, 1.807) is 31.2 Å². The van der Waals surface area contributed by atoms with Crippen LogP contribution in [-0.2, 0) is 4.74 Å². The lowest BCUT2D eigenvalue weighted by molar-refractivity contribution is 0.0605. The number of amides is 1. The van der Waals surface area contributed by atoms with Crippen LogP contribution in [0.2, 0.25) is 5.02 Å². The van der Waals surface area contributed by atoms with Crippen LogP contribution in [0.5, 0.6) is 0 Å². The number of carbonyl (C=O) groups is 2. The molecule has 27 heavy (non-hydrogen) atoms. The van der Waals surface area contributed by atoms with Gasteiger partial charge in [-0.25, -0.2) is 14.8 Å². The van der Waals surface area contributed by atoms with Crippen LogP contribution in [0.4, 0.5) is 5.13 Å². The number of ether oxygens (including phenoxy) is 1. The van der Waals surface area contributed by atoms with Crippen molar-refractivity contribution in [2.24, 2.45) is 0 Å². The molecule has 0 radical (unpaired) electrons. The minimum atomic E-state index is -0.684. The van der Waals surface area contributed by atoms with Crippen molar-refractivity contribution in [2.45, 2.75) is 6.92 Å². The van der Waals surface area contributed by atoms with Crippen LogP contribution in [0.15, 0.2) is 35.3 Å². The van der Waals surface area contributed by atoms with E-state index in [0.29, 0.717) is 22.1 Å². The summed E-state index contributed by atoms with van der Waals surface area (Å²) < 4.78 is 4.65. The van der Waals surface area contributed by atoms with Crippen LogP contribution in [-0.4, -0.2) is 33.9 Å². The quantitative estimate of drug-likeness (QED) is 0.646. The molecule has 3 aromatic rings. The molecule has 138 valence electrons. The van der Waals surface area contributed by atoms with Gasteiger partial charge in [0.25, 0.3) is 11.5 Å². The number of benzene rings is 1. The molecule has 2 aromatic heterocycles. The Labute approximate surface area is 162 Å². The minimum Gasteiger partial charge on any atom is -0.465 e. The average Bonchev–Trinajstić information content (AvgIpc) is 3.01. The number of halogens is 1. The van der Waals surface area contributed by atoms with Gasteiger partial charge in [-0.3, -0.25) is 14.9 Å². The third-order valence-corrected chi connectivity index (χ3v) is 4.85. The van der Waals surface area contributed by atoms with Gasteiger partial charge < -0.3 is 9.72 Å². The van der Waals surface area contributed by atoms with E-state index in [1.165, 1.54) is 13.3 Å². The summed E-state index contributed by atoms with van der Waals surface area (Å²) in [5.41, 5.74) is 0.295. The van der Waals surface area contributed by atoms with E-state index >= 15 is 0 Å². The summed E-state index contributed by atoms with van der Waals surface area (Å²) in [4.78, 5) is 47.3. The highest BCUT2D eigenvalue weighted by Crippen LogP contribution is 2.23. The van der Waals surface area contributed by atoms with E-state index in [1.807, 2.05) is 0 Å². The number of aromatic amines is 1. The van der Waals surface area contributed by atoms with E-state index in [-0.39, 0.29) is 15.6 Å². The molecule has 2 heterocycles. The molecule has 3 rings (SSSR count). The van der Waals surface area contributed by atoms with E-state index < -0.39 is 17.4 Å². The standard InChI is InChI=1S/C17H13ClN4O4S/c1-8-12(16(25)26-2)27-17(20-8)22-15(24)11-7-19-13(21-14(11)23)9-3-5-10(18)6-4-9/h3-7H,1-2H3,(H,19,21,23)(H,20,22,24). The second kappa shape index (κ2) is 7.68. The summed E-state index contributed by atoms with van der Waals surface area (Å²) in [6, 6.07) is 6.74. The zero-order valence-electron chi connectivity index (χ0n) is 14.2. The number of H-pyrrole nitrogens is 1. The normalized spacial score (nSPS) is 10.5. The molecule has 0 spiro atoms. The van der Waals surface area contributed by atoms with Gasteiger partial charge in [0.1, 0.15) is 16.3 Å². The number of hydrogen-bond acceptors (Lipinski definition) is 7. The Morgan fingerprint density at radius 1 is 1.26 bits per heavy atom. The van der Waals surface area contributed by atoms with Crippen LogP contribution in [0.3, 0.4) is 0 Å². The molecule has 8 nitrogen and oxygen atoms in total. The van der Waals surface area contributed by atoms with E-state index in [4.69, 9.17) is 11.6 Å². The maximum absolute atomic E-state index is 12.3. The second-order valence-electron chi connectivity index (χ2n) is 5.36. The third kappa shape index (κ3) is 4.04. The van der Waals surface area contributed by atoms with Crippen molar-refractivity contribution < 1.29 is 14.3 Å². The van der Waals surface area contributed by atoms with Crippen molar-refractivity contribution in [3.63, 3.8) is 0 Å². The lowest BCUT2D eigenvalue weighted by Crippen LogP contribution is -2.24. The molecule has 0 aliphatic carbocycles. The molecule has 0 unspecified atom stereocenters. The lowest BCUT2D eigenvalue weighted by Gasteiger charge is -2.04. The summed E-state index contributed by atoms with van der Waals surface area (Å²) in [5, 5.41) is 3.23. The predicted molar refractivity (Wildman–Crippen MR) is 101 cm³/mol. The maximum Gasteiger partial charge on any atom is 0.350 e. The molecule has 0 saturated heterocycles. The Kier molecular flexibility index (Phi) is 5.33. The Morgan fingerprint density at radius 2 is 1.96 bits per heavy atom. The van der Waals surface area contributed by atoms with Gasteiger partial charge in [-0.2, -0.15) is 0 Å². The van der Waals surface area contributed by atoms with Crippen LogP contribution in [0.25, 0.3) is 11.4 Å². The first-order chi connectivity index (χ1) is 12.9. The molecule has 1 amide bonds. The zero-order chi connectivity index (χ0) is 19.6. The molecule has 0 aliphatic heterocycles. The fourth-order valence-corrected chi connectivity index (χ4v) is 3.21. The first-order valence-corrected chi connectivity index (χ1v) is 8.81. The first kappa shape index (κ1) is 18.7. The van der Waals surface area contributed by atoms with Gasteiger partial charge in [0.2, 0.25) is 0 Å². The van der Waals surface area contributed by atoms with Gasteiger partial charge in [0.15, 0.2) is 5.13 Å². The zero-order valence-corrected chi connectivity index (χ0v) is 15.8. The molecule has 0 saturated carbocycles. The van der Waals surface area contributed by atoms with Crippen molar-refractivity contribution in [1.82, 2.24) is 15.0 Å². The Hall–Kier alpha value is -3.04. The largest absolute Gasteiger partial charge is 0.465 e. The number of aryl methyl sites for hydroxylation is 1. The number of thiazole rings is 1. The highest BCUT2D eigenvalue weighted by Gasteiger charge is 2.19. The molecular weight excluding hydrogens is 392 g/mol. The SMILES string of the molecule is COC(=O)c1sc(NC(=O)c2cnc(-c3ccc(Cl)cc3)[nH]c2=O)nc1C. The molecule has 2 N–H and O–H groups in total. The van der Waals surface area contributed by atoms with Crippen molar-refractivity contribution in [2.75, 3.05) is 12.4 Å². The van der Waals surface area contributed by atoms with E-state index in [0.717, 1.165) is 11.3 Å². The lowest BCUT2D eigenvalue weighted by atomic mass is 10.2. The van der Waals surface area contributed by atoms with E-state index in [9.17, 15) is 14.4 Å². The average molecular weight is 405 g/mol. The fraction of sp³-hybridized carbons (Fsp3) is 0.118. The van der Waals surface area contributed by atoms with Crippen molar-refractivity contribution in [3.8, 4) is 11.4 Å². The summed E-state index contributed by atoms with van der Waals surface area (Å²) in [6.07, 6.45) is 1.18. The van der Waals surface area contributed by atoms with Crippen LogP contribution in [0.1, 0.15) is 25.7 Å². The summed E-state index contributed by atoms with van der Waals surface area (Å²) in [5.74, 6) is -0.916. The summed E-state index contributed by atoms with van der Waals surface area (Å²) in [6.45, 7) is 1.62. The third-order valence-electron chi connectivity index (χ3n) is 3.55. The minimum absolute atomic E-state index is 0.180. The fourth-order valence-electron chi connectivity index (χ4n) is 2.21. The maximum atomic E-state index is 12.3. The van der Waals surface area contributed by atoms with Crippen LogP contribution in [0, 0.1) is 6.92 Å². The molecule has 10 heteroatoms. The van der Waals surface area contributed by atoms with Gasteiger partial charge >= 0.3 is 5.97 Å². The van der Waals surface area contributed by atoms with Gasteiger partial charge in [-0.1, -0.05) is 22.9 Å². The van der Waals surface area contributed by atoms with Gasteiger partial charge in [-0.05, 0) is 31.2 Å². The number of nitrogens with zero attached hydrogens (tertiary/aromatic N) is 2. The Bertz CT molecular complexity index is 1080. The Morgan fingerprint density at radius 3 is 2.59 bits per heavy atom. The molecule has 0 aliphatic rings. The Balaban J connectivity index is 1.82. The van der Waals surface area contributed by atoms with E-state index in [2.05, 4.69) is 25.0 Å². The monoisotopic (exact) mass is 404 g/mol. The number of nitrogens with one attached hydrogen (secondary N) is 2. The molecule has 1 aromatic carbocycles. The highest BCUT2D eigenvalue weighted by molar-refractivity contribution is 7.17. The topological polar surface area (TPSA) is 114 Å². The highest BCUT2D eigenvalue weighted by atomic mass is 35.5. The molecule has 0 fully saturated rings. The number of esters is 1. The first-order valence-electron chi connectivity index (χ1n) is 7.61.